The van der Waals surface area contributed by atoms with E-state index in [1.807, 2.05) is 6.66 Å². The highest BCUT2D eigenvalue weighted by molar-refractivity contribution is 7.35. The van der Waals surface area contributed by atoms with Crippen LogP contribution in [0.4, 0.5) is 0 Å². The first-order valence-electron chi connectivity index (χ1n) is 2.74. The summed E-state index contributed by atoms with van der Waals surface area (Å²) in [6, 6.07) is 1.33. The Balaban J connectivity index is 3.34. The quantitative estimate of drug-likeness (QED) is 0.566. The number of hydrogen-bond acceptors (Lipinski definition) is 2. The van der Waals surface area contributed by atoms with Gasteiger partial charge in [-0.05, 0) is 15.4 Å². The molecular formula is C5H7N2O2P. The van der Waals surface area contributed by atoms with Crippen molar-refractivity contribution in [2.45, 2.75) is 0 Å². The van der Waals surface area contributed by atoms with Crippen LogP contribution >= 0.6 is 8.73 Å². The van der Waals surface area contributed by atoms with Gasteiger partial charge in [-0.3, -0.25) is 14.1 Å². The first-order valence-corrected chi connectivity index (χ1v) is 4.18. The van der Waals surface area contributed by atoms with Crippen LogP contribution in [0.3, 0.4) is 0 Å². The molecule has 0 spiro atoms. The molecule has 0 radical (unpaired) electrons. The summed E-state index contributed by atoms with van der Waals surface area (Å²) < 4.78 is 1.45. The Kier molecular flexibility index (Phi) is 2.02. The van der Waals surface area contributed by atoms with Crippen LogP contribution in [0.15, 0.2) is 21.9 Å². The number of H-pyrrole nitrogens is 1. The molecule has 1 aromatic heterocycles. The van der Waals surface area contributed by atoms with Crippen LogP contribution in [0.2, 0.25) is 0 Å². The molecule has 1 heterocycles. The maximum Gasteiger partial charge on any atom is 0.331 e. The SMILES string of the molecule is CPn1ccc(=O)[nH]c1=O. The summed E-state index contributed by atoms with van der Waals surface area (Å²) in [5.41, 5.74) is -0.687. The van der Waals surface area contributed by atoms with Crippen LogP contribution in [0.5, 0.6) is 0 Å². The third-order valence-electron chi connectivity index (χ3n) is 1.06. The number of nitrogens with one attached hydrogen (secondary N) is 1. The Labute approximate surface area is 58.7 Å². The molecule has 0 aromatic carbocycles. The minimum atomic E-state index is -0.348. The zero-order valence-corrected chi connectivity index (χ0v) is 6.42. The van der Waals surface area contributed by atoms with E-state index in [2.05, 4.69) is 4.98 Å². The highest BCUT2D eigenvalue weighted by Crippen LogP contribution is 1.99. The molecule has 0 aliphatic rings. The third-order valence-corrected chi connectivity index (χ3v) is 1.90. The van der Waals surface area contributed by atoms with E-state index in [-0.39, 0.29) is 11.2 Å². The van der Waals surface area contributed by atoms with Crippen molar-refractivity contribution < 1.29 is 0 Å². The second kappa shape index (κ2) is 2.80. The van der Waals surface area contributed by atoms with Gasteiger partial charge in [-0.25, -0.2) is 4.79 Å². The van der Waals surface area contributed by atoms with Crippen molar-refractivity contribution in [2.75, 3.05) is 6.66 Å². The molecule has 1 N–H and O–H groups in total. The number of nitrogens with zero attached hydrogens (tertiary/aromatic N) is 1. The number of hydrogen-bond donors (Lipinski definition) is 1. The topological polar surface area (TPSA) is 54.9 Å². The Hall–Kier alpha value is -0.890. The van der Waals surface area contributed by atoms with Crippen molar-refractivity contribution in [1.29, 1.82) is 0 Å². The highest BCUT2D eigenvalue weighted by Gasteiger charge is 1.89. The number of aromatic nitrogens is 2. The van der Waals surface area contributed by atoms with Gasteiger partial charge in [0, 0.05) is 12.3 Å². The van der Waals surface area contributed by atoms with Gasteiger partial charge in [-0.1, -0.05) is 0 Å². The summed E-state index contributed by atoms with van der Waals surface area (Å²) in [5, 5.41) is 0. The first-order chi connectivity index (χ1) is 4.74. The number of rotatable bonds is 1. The molecule has 54 valence electrons. The summed E-state index contributed by atoms with van der Waals surface area (Å²) >= 11 is 0. The molecule has 4 nitrogen and oxygen atoms in total. The van der Waals surface area contributed by atoms with Crippen molar-refractivity contribution in [3.63, 3.8) is 0 Å². The predicted molar refractivity (Wildman–Crippen MR) is 41.0 cm³/mol. The third kappa shape index (κ3) is 1.33. The van der Waals surface area contributed by atoms with Crippen molar-refractivity contribution >= 4 is 8.73 Å². The second-order valence-electron chi connectivity index (χ2n) is 1.70. The lowest BCUT2D eigenvalue weighted by Crippen LogP contribution is -2.24. The van der Waals surface area contributed by atoms with E-state index in [0.29, 0.717) is 8.73 Å². The van der Waals surface area contributed by atoms with E-state index in [1.54, 1.807) is 0 Å². The Morgan fingerprint density at radius 3 is 2.80 bits per heavy atom. The lowest BCUT2D eigenvalue weighted by atomic mass is 10.7. The van der Waals surface area contributed by atoms with E-state index < -0.39 is 0 Å². The van der Waals surface area contributed by atoms with Gasteiger partial charge in [-0.2, -0.15) is 0 Å². The van der Waals surface area contributed by atoms with Crippen LogP contribution in [-0.2, 0) is 0 Å². The van der Waals surface area contributed by atoms with E-state index >= 15 is 0 Å². The average molecular weight is 158 g/mol. The van der Waals surface area contributed by atoms with E-state index in [9.17, 15) is 9.59 Å². The molecule has 0 saturated carbocycles. The average Bonchev–Trinajstić information content (AvgIpc) is 1.88. The molecule has 5 heteroatoms. The fourth-order valence-corrected chi connectivity index (χ4v) is 1.08. The van der Waals surface area contributed by atoms with Gasteiger partial charge in [0.2, 0.25) is 0 Å². The Morgan fingerprint density at radius 1 is 1.60 bits per heavy atom. The molecule has 0 aliphatic carbocycles. The molecule has 1 aromatic rings. The van der Waals surface area contributed by atoms with Crippen LogP contribution in [0.25, 0.3) is 0 Å². The van der Waals surface area contributed by atoms with E-state index in [4.69, 9.17) is 0 Å². The van der Waals surface area contributed by atoms with Gasteiger partial charge in [0.25, 0.3) is 5.56 Å². The van der Waals surface area contributed by atoms with Crippen molar-refractivity contribution in [3.8, 4) is 0 Å². The highest BCUT2D eigenvalue weighted by atomic mass is 31.1. The predicted octanol–water partition coefficient (Wildman–Crippen LogP) is -0.392. The van der Waals surface area contributed by atoms with E-state index in [1.165, 1.54) is 16.6 Å². The molecule has 0 bridgehead atoms. The molecule has 1 atom stereocenters. The molecule has 10 heavy (non-hydrogen) atoms. The van der Waals surface area contributed by atoms with Crippen LogP contribution in [0, 0.1) is 0 Å². The standard InChI is InChI=1S/C5H7N2O2P/c1-10-7-3-2-4(8)6-5(7)9/h2-3,10H,1H3,(H,6,8,9). The molecule has 1 unspecified atom stereocenters. The fraction of sp³-hybridized carbons (Fsp3) is 0.200. The maximum absolute atomic E-state index is 10.8. The van der Waals surface area contributed by atoms with Crippen molar-refractivity contribution in [1.82, 2.24) is 9.32 Å². The molecule has 1 rings (SSSR count). The van der Waals surface area contributed by atoms with Gasteiger partial charge in [0.1, 0.15) is 0 Å². The van der Waals surface area contributed by atoms with Crippen molar-refractivity contribution in [2.24, 2.45) is 0 Å². The normalized spacial score (nSPS) is 10.9. The van der Waals surface area contributed by atoms with Gasteiger partial charge in [0.05, 0.1) is 0 Å². The summed E-state index contributed by atoms with van der Waals surface area (Å²) in [7, 11) is 0.359. The van der Waals surface area contributed by atoms with Gasteiger partial charge >= 0.3 is 5.69 Å². The first kappa shape index (κ1) is 7.22. The summed E-state index contributed by atoms with van der Waals surface area (Å²) in [6.45, 7) is 1.86. The lowest BCUT2D eigenvalue weighted by Gasteiger charge is -1.95. The zero-order chi connectivity index (χ0) is 7.56. The molecule has 0 saturated heterocycles. The molecule has 0 aliphatic heterocycles. The smallest absolute Gasteiger partial charge is 0.282 e. The van der Waals surface area contributed by atoms with Crippen LogP contribution < -0.4 is 11.2 Å². The Morgan fingerprint density at radius 2 is 2.30 bits per heavy atom. The molecule has 0 amide bonds. The van der Waals surface area contributed by atoms with Crippen LogP contribution in [0.1, 0.15) is 0 Å². The summed E-state index contributed by atoms with van der Waals surface area (Å²) in [4.78, 5) is 23.4. The van der Waals surface area contributed by atoms with Gasteiger partial charge < -0.3 is 0 Å². The fourth-order valence-electron chi connectivity index (χ4n) is 0.593. The summed E-state index contributed by atoms with van der Waals surface area (Å²) in [5.74, 6) is 0. The zero-order valence-electron chi connectivity index (χ0n) is 5.42. The second-order valence-corrected chi connectivity index (χ2v) is 2.63. The molecular weight excluding hydrogens is 151 g/mol. The number of aromatic amines is 1. The molecule has 0 fully saturated rings. The minimum Gasteiger partial charge on any atom is -0.282 e. The summed E-state index contributed by atoms with van der Waals surface area (Å²) in [6.07, 6.45) is 1.49. The van der Waals surface area contributed by atoms with Gasteiger partial charge in [0.15, 0.2) is 0 Å². The van der Waals surface area contributed by atoms with E-state index in [0.717, 1.165) is 0 Å². The van der Waals surface area contributed by atoms with Gasteiger partial charge in [-0.15, -0.1) is 0 Å². The van der Waals surface area contributed by atoms with Crippen LogP contribution in [-0.4, -0.2) is 16.0 Å². The largest absolute Gasteiger partial charge is 0.331 e. The van der Waals surface area contributed by atoms with Crippen molar-refractivity contribution in [3.05, 3.63) is 33.1 Å². The Bertz CT molecular complexity index is 327. The minimum absolute atomic E-state index is 0.340. The lowest BCUT2D eigenvalue weighted by molar-refractivity contribution is 0.984. The maximum atomic E-state index is 10.8. The monoisotopic (exact) mass is 158 g/mol.